The highest BCUT2D eigenvalue weighted by atomic mass is 16.5. The van der Waals surface area contributed by atoms with Crippen LogP contribution in [0, 0.1) is 0 Å². The predicted molar refractivity (Wildman–Crippen MR) is 57.1 cm³/mol. The van der Waals surface area contributed by atoms with Gasteiger partial charge in [-0.25, -0.2) is 0 Å². The smallest absolute Gasteiger partial charge is 0.0741 e. The molecule has 0 aromatic rings. The van der Waals surface area contributed by atoms with Gasteiger partial charge in [0.25, 0.3) is 0 Å². The Bertz CT molecular complexity index is 221. The molecule has 0 saturated carbocycles. The van der Waals surface area contributed by atoms with Gasteiger partial charge in [0.15, 0.2) is 0 Å². The summed E-state index contributed by atoms with van der Waals surface area (Å²) in [6.07, 6.45) is 8.03. The van der Waals surface area contributed by atoms with Crippen LogP contribution < -0.4 is 11.1 Å². The van der Waals surface area contributed by atoms with Crippen molar-refractivity contribution in [1.29, 1.82) is 0 Å². The zero-order valence-electron chi connectivity index (χ0n) is 8.83. The van der Waals surface area contributed by atoms with E-state index in [-0.39, 0.29) is 11.6 Å². The van der Waals surface area contributed by atoms with Crippen molar-refractivity contribution in [2.75, 3.05) is 13.2 Å². The fraction of sp³-hybridized carbons (Fsp3) is 0.818. The molecule has 3 heteroatoms. The minimum absolute atomic E-state index is 0.0245. The number of nitrogens with one attached hydrogen (secondary N) is 1. The molecule has 1 heterocycles. The normalized spacial score (nSPS) is 38.3. The number of ether oxygens (including phenoxy) is 1. The van der Waals surface area contributed by atoms with E-state index in [9.17, 15) is 0 Å². The number of nitrogens with two attached hydrogens (primary N) is 1. The minimum Gasteiger partial charge on any atom is -0.376 e. The van der Waals surface area contributed by atoms with Crippen LogP contribution in [-0.4, -0.2) is 30.8 Å². The van der Waals surface area contributed by atoms with Crippen molar-refractivity contribution >= 4 is 0 Å². The summed E-state index contributed by atoms with van der Waals surface area (Å²) in [7, 11) is 0. The molecule has 14 heavy (non-hydrogen) atoms. The standard InChI is InChI=1S/C11H20N2O/c1-9-11(8-12,6-7-14-9)13-10-4-2-3-5-10/h2-3,9-10,13H,4-8,12H2,1H3. The molecule has 0 aromatic heterocycles. The van der Waals surface area contributed by atoms with E-state index in [2.05, 4.69) is 24.4 Å². The lowest BCUT2D eigenvalue weighted by molar-refractivity contribution is 0.0811. The molecule has 1 aliphatic heterocycles. The second kappa shape index (κ2) is 4.01. The molecule has 2 atom stereocenters. The highest BCUT2D eigenvalue weighted by Gasteiger charge is 2.41. The van der Waals surface area contributed by atoms with E-state index in [4.69, 9.17) is 10.5 Å². The van der Waals surface area contributed by atoms with Gasteiger partial charge in [-0.3, -0.25) is 0 Å². The lowest BCUT2D eigenvalue weighted by Crippen LogP contribution is -2.58. The summed E-state index contributed by atoms with van der Waals surface area (Å²) in [5.74, 6) is 0. The molecule has 0 bridgehead atoms. The van der Waals surface area contributed by atoms with Gasteiger partial charge in [0.05, 0.1) is 11.6 Å². The largest absolute Gasteiger partial charge is 0.376 e. The van der Waals surface area contributed by atoms with Gasteiger partial charge in [0.2, 0.25) is 0 Å². The number of rotatable bonds is 3. The van der Waals surface area contributed by atoms with E-state index in [1.54, 1.807) is 0 Å². The summed E-state index contributed by atoms with van der Waals surface area (Å²) in [4.78, 5) is 0. The zero-order chi connectivity index (χ0) is 10.0. The molecular weight excluding hydrogens is 176 g/mol. The second-order valence-electron chi connectivity index (χ2n) is 4.41. The van der Waals surface area contributed by atoms with Crippen molar-refractivity contribution in [3.63, 3.8) is 0 Å². The molecule has 1 aliphatic carbocycles. The van der Waals surface area contributed by atoms with Gasteiger partial charge in [-0.2, -0.15) is 0 Å². The molecule has 0 aromatic carbocycles. The molecule has 1 saturated heterocycles. The molecule has 2 aliphatic rings. The summed E-state index contributed by atoms with van der Waals surface area (Å²) < 4.78 is 5.61. The average molecular weight is 196 g/mol. The quantitative estimate of drug-likeness (QED) is 0.656. The fourth-order valence-corrected chi connectivity index (χ4v) is 2.44. The first-order valence-electron chi connectivity index (χ1n) is 5.51. The van der Waals surface area contributed by atoms with Gasteiger partial charge in [-0.05, 0) is 26.2 Å². The summed E-state index contributed by atoms with van der Waals surface area (Å²) in [6.45, 7) is 3.63. The molecule has 80 valence electrons. The van der Waals surface area contributed by atoms with Gasteiger partial charge >= 0.3 is 0 Å². The monoisotopic (exact) mass is 196 g/mol. The molecule has 2 unspecified atom stereocenters. The molecule has 0 spiro atoms. The van der Waals surface area contributed by atoms with E-state index in [0.29, 0.717) is 12.6 Å². The van der Waals surface area contributed by atoms with Crippen LogP contribution in [0.5, 0.6) is 0 Å². The molecular formula is C11H20N2O. The second-order valence-corrected chi connectivity index (χ2v) is 4.41. The van der Waals surface area contributed by atoms with E-state index in [0.717, 1.165) is 25.9 Å². The van der Waals surface area contributed by atoms with E-state index in [1.807, 2.05) is 0 Å². The van der Waals surface area contributed by atoms with Crippen LogP contribution in [0.25, 0.3) is 0 Å². The van der Waals surface area contributed by atoms with E-state index >= 15 is 0 Å². The first kappa shape index (κ1) is 10.1. The molecule has 3 nitrogen and oxygen atoms in total. The molecule has 3 N–H and O–H groups in total. The highest BCUT2D eigenvalue weighted by molar-refractivity contribution is 5.05. The van der Waals surface area contributed by atoms with Crippen LogP contribution in [-0.2, 0) is 4.74 Å². The van der Waals surface area contributed by atoms with Crippen molar-refractivity contribution < 1.29 is 4.74 Å². The summed E-state index contributed by atoms with van der Waals surface area (Å²) in [6, 6.07) is 0.572. The Morgan fingerprint density at radius 3 is 2.71 bits per heavy atom. The Balaban J connectivity index is 1.97. The SMILES string of the molecule is CC1OCCC1(CN)NC1CC=CC1. The maximum absolute atomic E-state index is 5.87. The van der Waals surface area contributed by atoms with Gasteiger partial charge in [0.1, 0.15) is 0 Å². The maximum Gasteiger partial charge on any atom is 0.0741 e. The van der Waals surface area contributed by atoms with Crippen LogP contribution >= 0.6 is 0 Å². The highest BCUT2D eigenvalue weighted by Crippen LogP contribution is 2.27. The molecule has 0 amide bonds. The van der Waals surface area contributed by atoms with Gasteiger partial charge in [-0.1, -0.05) is 12.2 Å². The Morgan fingerprint density at radius 1 is 1.50 bits per heavy atom. The number of hydrogen-bond acceptors (Lipinski definition) is 3. The lowest BCUT2D eigenvalue weighted by atomic mass is 9.90. The third-order valence-corrected chi connectivity index (χ3v) is 3.56. The zero-order valence-corrected chi connectivity index (χ0v) is 8.83. The number of hydrogen-bond donors (Lipinski definition) is 2. The molecule has 0 radical (unpaired) electrons. The van der Waals surface area contributed by atoms with Crippen LogP contribution in [0.1, 0.15) is 26.2 Å². The van der Waals surface area contributed by atoms with Crippen LogP contribution in [0.4, 0.5) is 0 Å². The van der Waals surface area contributed by atoms with Gasteiger partial charge in [0, 0.05) is 19.2 Å². The Morgan fingerprint density at radius 2 is 2.21 bits per heavy atom. The van der Waals surface area contributed by atoms with Crippen molar-refractivity contribution in [2.45, 2.75) is 43.9 Å². The van der Waals surface area contributed by atoms with Gasteiger partial charge in [-0.15, -0.1) is 0 Å². The Labute approximate surface area is 85.7 Å². The summed E-state index contributed by atoms with van der Waals surface area (Å²) in [5.41, 5.74) is 5.90. The fourth-order valence-electron chi connectivity index (χ4n) is 2.44. The van der Waals surface area contributed by atoms with Crippen molar-refractivity contribution in [3.05, 3.63) is 12.2 Å². The summed E-state index contributed by atoms with van der Waals surface area (Å²) in [5, 5.41) is 3.68. The Kier molecular flexibility index (Phi) is 2.91. The lowest BCUT2D eigenvalue weighted by Gasteiger charge is -2.35. The van der Waals surface area contributed by atoms with Crippen LogP contribution in [0.3, 0.4) is 0 Å². The first-order valence-corrected chi connectivity index (χ1v) is 5.51. The predicted octanol–water partition coefficient (Wildman–Crippen LogP) is 0.801. The average Bonchev–Trinajstić information content (AvgIpc) is 2.79. The third-order valence-electron chi connectivity index (χ3n) is 3.56. The molecule has 2 rings (SSSR count). The maximum atomic E-state index is 5.87. The molecule has 1 fully saturated rings. The van der Waals surface area contributed by atoms with Crippen LogP contribution in [0.2, 0.25) is 0 Å². The summed E-state index contributed by atoms with van der Waals surface area (Å²) >= 11 is 0. The first-order chi connectivity index (χ1) is 6.77. The Hall–Kier alpha value is -0.380. The topological polar surface area (TPSA) is 47.3 Å². The van der Waals surface area contributed by atoms with Gasteiger partial charge < -0.3 is 15.8 Å². The van der Waals surface area contributed by atoms with E-state index < -0.39 is 0 Å². The van der Waals surface area contributed by atoms with Crippen molar-refractivity contribution in [2.24, 2.45) is 5.73 Å². The minimum atomic E-state index is 0.0245. The van der Waals surface area contributed by atoms with Crippen molar-refractivity contribution in [1.82, 2.24) is 5.32 Å². The van der Waals surface area contributed by atoms with E-state index in [1.165, 1.54) is 0 Å². The van der Waals surface area contributed by atoms with Crippen LogP contribution in [0.15, 0.2) is 12.2 Å². The van der Waals surface area contributed by atoms with Crippen molar-refractivity contribution in [3.8, 4) is 0 Å². The third kappa shape index (κ3) is 1.72.